The second-order valence-electron chi connectivity index (χ2n) is 10.6. The summed E-state index contributed by atoms with van der Waals surface area (Å²) in [5, 5.41) is 28.0. The Labute approximate surface area is 292 Å². The fourth-order valence-electron chi connectivity index (χ4n) is 4.87. The molecular formula is C37H16F10N4O2. The van der Waals surface area contributed by atoms with E-state index < -0.39 is 88.1 Å². The lowest BCUT2D eigenvalue weighted by Gasteiger charge is -2.26. The van der Waals surface area contributed by atoms with Gasteiger partial charge in [0.15, 0.2) is 46.5 Å². The molecule has 0 aliphatic rings. The van der Waals surface area contributed by atoms with E-state index >= 15 is 0 Å². The normalized spacial score (nSPS) is 10.5. The van der Waals surface area contributed by atoms with Crippen molar-refractivity contribution in [1.82, 2.24) is 0 Å². The van der Waals surface area contributed by atoms with Crippen LogP contribution in [0.25, 0.3) is 5.57 Å². The fourth-order valence-corrected chi connectivity index (χ4v) is 4.87. The van der Waals surface area contributed by atoms with E-state index in [1.807, 2.05) is 0 Å². The average molecular weight is 739 g/mol. The summed E-state index contributed by atoms with van der Waals surface area (Å²) in [5.41, 5.74) is -1.68. The zero-order chi connectivity index (χ0) is 38.6. The lowest BCUT2D eigenvalue weighted by molar-refractivity contribution is 0.279. The van der Waals surface area contributed by atoms with Crippen molar-refractivity contribution in [2.24, 2.45) is 0 Å². The molecule has 0 aromatic heterocycles. The highest BCUT2D eigenvalue weighted by atomic mass is 19.2. The smallest absolute Gasteiger partial charge is 0.200 e. The van der Waals surface area contributed by atoms with Gasteiger partial charge in [0.25, 0.3) is 0 Å². The van der Waals surface area contributed by atoms with Crippen molar-refractivity contribution in [2.45, 2.75) is 13.2 Å². The molecule has 0 spiro atoms. The van der Waals surface area contributed by atoms with Gasteiger partial charge in [-0.15, -0.1) is 0 Å². The molecule has 16 heteroatoms. The van der Waals surface area contributed by atoms with Crippen molar-refractivity contribution in [3.8, 4) is 29.7 Å². The summed E-state index contributed by atoms with van der Waals surface area (Å²) in [7, 11) is 0. The predicted octanol–water partition coefficient (Wildman–Crippen LogP) is 10.0. The highest BCUT2D eigenvalue weighted by Gasteiger charge is 2.27. The predicted molar refractivity (Wildman–Crippen MR) is 166 cm³/mol. The lowest BCUT2D eigenvalue weighted by Crippen LogP contribution is -2.11. The largest absolute Gasteiger partial charge is 0.489 e. The van der Waals surface area contributed by atoms with Crippen LogP contribution in [0.1, 0.15) is 16.7 Å². The van der Waals surface area contributed by atoms with E-state index in [0.29, 0.717) is 17.1 Å². The van der Waals surface area contributed by atoms with Gasteiger partial charge in [-0.05, 0) is 66.2 Å². The number of allylic oxidation sites excluding steroid dienone is 2. The van der Waals surface area contributed by atoms with Crippen LogP contribution in [0.3, 0.4) is 0 Å². The summed E-state index contributed by atoms with van der Waals surface area (Å²) in [6.07, 6.45) is 0. The Hall–Kier alpha value is -6.99. The van der Waals surface area contributed by atoms with Gasteiger partial charge in [-0.2, -0.15) is 15.8 Å². The zero-order valence-corrected chi connectivity index (χ0v) is 26.2. The maximum atomic E-state index is 14.1. The average Bonchev–Trinajstić information content (AvgIpc) is 3.18. The molecule has 0 bridgehead atoms. The maximum Gasteiger partial charge on any atom is 0.200 e. The minimum atomic E-state index is -2.32. The van der Waals surface area contributed by atoms with Crippen molar-refractivity contribution in [2.75, 3.05) is 4.90 Å². The van der Waals surface area contributed by atoms with Crippen molar-refractivity contribution in [1.29, 1.82) is 15.8 Å². The van der Waals surface area contributed by atoms with Crippen molar-refractivity contribution in [3.05, 3.63) is 153 Å². The van der Waals surface area contributed by atoms with Crippen LogP contribution in [0.2, 0.25) is 0 Å². The number of ether oxygens (including phenoxy) is 2. The Morgan fingerprint density at radius 1 is 0.434 bits per heavy atom. The summed E-state index contributed by atoms with van der Waals surface area (Å²) >= 11 is 0. The van der Waals surface area contributed by atoms with Crippen LogP contribution >= 0.6 is 0 Å². The van der Waals surface area contributed by atoms with Gasteiger partial charge in [-0.3, -0.25) is 0 Å². The Bertz CT molecular complexity index is 2190. The third-order valence-electron chi connectivity index (χ3n) is 7.56. The molecule has 5 aromatic rings. The van der Waals surface area contributed by atoms with Crippen molar-refractivity contribution in [3.63, 3.8) is 0 Å². The van der Waals surface area contributed by atoms with E-state index in [9.17, 15) is 59.7 Å². The van der Waals surface area contributed by atoms with Crippen LogP contribution in [0, 0.1) is 92.2 Å². The summed E-state index contributed by atoms with van der Waals surface area (Å²) in [4.78, 5) is 1.58. The molecule has 0 atom stereocenters. The van der Waals surface area contributed by atoms with Gasteiger partial charge in [-0.1, -0.05) is 12.1 Å². The quantitative estimate of drug-likeness (QED) is 0.0613. The van der Waals surface area contributed by atoms with Gasteiger partial charge in [0.05, 0.1) is 16.7 Å². The topological polar surface area (TPSA) is 93.1 Å². The van der Waals surface area contributed by atoms with Gasteiger partial charge in [-0.25, -0.2) is 43.9 Å². The van der Waals surface area contributed by atoms with Crippen LogP contribution in [0.5, 0.6) is 11.5 Å². The highest BCUT2D eigenvalue weighted by Crippen LogP contribution is 2.37. The van der Waals surface area contributed by atoms with Crippen molar-refractivity contribution < 1.29 is 53.4 Å². The van der Waals surface area contributed by atoms with Gasteiger partial charge in [0.2, 0.25) is 11.6 Å². The number of nitriles is 3. The van der Waals surface area contributed by atoms with Gasteiger partial charge in [0, 0.05) is 17.1 Å². The second-order valence-corrected chi connectivity index (χ2v) is 10.6. The van der Waals surface area contributed by atoms with Gasteiger partial charge >= 0.3 is 0 Å². The number of rotatable bonds is 10. The lowest BCUT2D eigenvalue weighted by atomic mass is 10.0. The number of anilines is 3. The SMILES string of the molecule is N#CC(C#N)=C(C#N)c1ccc(N(c2ccc(OCc3c(F)c(F)c(F)c(F)c3F)cc2)c2ccc(OCc3c(F)c(F)c(F)c(F)c3F)cc2)cc1. The number of hydrogen-bond donors (Lipinski definition) is 0. The molecular weight excluding hydrogens is 722 g/mol. The molecule has 5 aromatic carbocycles. The monoisotopic (exact) mass is 738 g/mol. The first kappa shape index (κ1) is 37.3. The highest BCUT2D eigenvalue weighted by molar-refractivity contribution is 5.86. The minimum Gasteiger partial charge on any atom is -0.489 e. The Balaban J connectivity index is 1.46. The summed E-state index contributed by atoms with van der Waals surface area (Å²) in [6.45, 7) is -2.05. The summed E-state index contributed by atoms with van der Waals surface area (Å²) < 4.78 is 148. The summed E-state index contributed by atoms with van der Waals surface area (Å²) in [5.74, 6) is -21.5. The molecule has 0 fully saturated rings. The van der Waals surface area contributed by atoms with E-state index in [-0.39, 0.29) is 22.6 Å². The minimum absolute atomic E-state index is 0.0470. The molecule has 0 aliphatic heterocycles. The van der Waals surface area contributed by atoms with E-state index in [1.165, 1.54) is 72.8 Å². The Morgan fingerprint density at radius 3 is 1.04 bits per heavy atom. The van der Waals surface area contributed by atoms with E-state index in [2.05, 4.69) is 0 Å². The van der Waals surface area contributed by atoms with Crippen LogP contribution in [-0.2, 0) is 13.2 Å². The first-order valence-electron chi connectivity index (χ1n) is 14.6. The molecule has 0 saturated heterocycles. The molecule has 5 rings (SSSR count). The molecule has 6 nitrogen and oxygen atoms in total. The van der Waals surface area contributed by atoms with Crippen LogP contribution in [0.15, 0.2) is 78.4 Å². The van der Waals surface area contributed by atoms with E-state index in [0.717, 1.165) is 0 Å². The number of hydrogen-bond acceptors (Lipinski definition) is 6. The Kier molecular flexibility index (Phi) is 10.9. The number of halogens is 10. The third-order valence-corrected chi connectivity index (χ3v) is 7.56. The van der Waals surface area contributed by atoms with Crippen LogP contribution < -0.4 is 14.4 Å². The van der Waals surface area contributed by atoms with E-state index in [4.69, 9.17) is 9.47 Å². The molecule has 0 heterocycles. The molecule has 0 amide bonds. The molecule has 0 aliphatic carbocycles. The standard InChI is InChI=1S/C37H16F10N4O2/c38-28-26(29(39)33(43)36(46)32(28)42)16-52-23-9-5-21(6-10-23)51(20-3-1-18(2-4-20)25(15-50)19(13-48)14-49)22-7-11-24(12-8-22)53-17-27-30(40)34(44)37(47)35(45)31(27)41/h1-12H,16-17H2. The first-order valence-corrected chi connectivity index (χ1v) is 14.6. The van der Waals surface area contributed by atoms with Crippen molar-refractivity contribution >= 4 is 22.6 Å². The molecule has 0 radical (unpaired) electrons. The molecule has 0 unspecified atom stereocenters. The van der Waals surface area contributed by atoms with Crippen LogP contribution in [0.4, 0.5) is 61.0 Å². The van der Waals surface area contributed by atoms with Crippen LogP contribution in [-0.4, -0.2) is 0 Å². The van der Waals surface area contributed by atoms with E-state index in [1.54, 1.807) is 23.1 Å². The Morgan fingerprint density at radius 2 is 0.736 bits per heavy atom. The molecule has 53 heavy (non-hydrogen) atoms. The first-order chi connectivity index (χ1) is 25.3. The third kappa shape index (κ3) is 7.27. The number of benzene rings is 5. The fraction of sp³-hybridized carbons (Fsp3) is 0.0541. The number of nitrogens with zero attached hydrogens (tertiary/aromatic N) is 4. The summed E-state index contributed by atoms with van der Waals surface area (Å²) in [6, 6.07) is 22.0. The molecule has 0 saturated carbocycles. The van der Waals surface area contributed by atoms with Gasteiger partial charge < -0.3 is 14.4 Å². The molecule has 266 valence electrons. The van der Waals surface area contributed by atoms with Gasteiger partial charge in [0.1, 0.15) is 48.5 Å². The zero-order valence-electron chi connectivity index (χ0n) is 26.2. The molecule has 0 N–H and O–H groups in total. The maximum absolute atomic E-state index is 14.1. The second kappa shape index (κ2) is 15.5.